The van der Waals surface area contributed by atoms with Crippen LogP contribution in [0.3, 0.4) is 0 Å². The van der Waals surface area contributed by atoms with Gasteiger partial charge in [-0.1, -0.05) is 6.07 Å². The predicted octanol–water partition coefficient (Wildman–Crippen LogP) is 3.34. The predicted molar refractivity (Wildman–Crippen MR) is 86.5 cm³/mol. The van der Waals surface area contributed by atoms with Crippen molar-refractivity contribution in [3.63, 3.8) is 0 Å². The smallest absolute Gasteiger partial charge is 0.368 e. The molecule has 130 valence electrons. The van der Waals surface area contributed by atoms with E-state index < -0.39 is 23.3 Å². The minimum Gasteiger partial charge on any atom is -0.368 e. The Morgan fingerprint density at radius 2 is 1.92 bits per heavy atom. The molecule has 0 atom stereocenters. The molecule has 3 aromatic rings. The van der Waals surface area contributed by atoms with Crippen molar-refractivity contribution in [1.82, 2.24) is 14.5 Å². The van der Waals surface area contributed by atoms with Crippen LogP contribution in [-0.4, -0.2) is 20.4 Å². The zero-order valence-electron chi connectivity index (χ0n) is 13.5. The van der Waals surface area contributed by atoms with Crippen molar-refractivity contribution < 1.29 is 18.0 Å². The van der Waals surface area contributed by atoms with Crippen molar-refractivity contribution in [2.45, 2.75) is 25.6 Å². The normalized spacial score (nSPS) is 12.5. The van der Waals surface area contributed by atoms with Gasteiger partial charge in [-0.05, 0) is 38.1 Å². The van der Waals surface area contributed by atoms with E-state index in [0.29, 0.717) is 16.6 Å². The molecule has 0 aliphatic heterocycles. The third-order valence-corrected chi connectivity index (χ3v) is 4.08. The maximum absolute atomic E-state index is 12.9. The molecule has 3 heterocycles. The van der Waals surface area contributed by atoms with Gasteiger partial charge >= 0.3 is 6.18 Å². The van der Waals surface area contributed by atoms with Crippen LogP contribution in [0.5, 0.6) is 0 Å². The Labute approximate surface area is 141 Å². The molecule has 0 aliphatic rings. The maximum Gasteiger partial charge on any atom is 0.433 e. The molecule has 0 bridgehead atoms. The number of hydrogen-bond acceptors (Lipinski definition) is 3. The van der Waals surface area contributed by atoms with Crippen molar-refractivity contribution in [2.75, 3.05) is 0 Å². The Balaban J connectivity index is 2.15. The third-order valence-electron chi connectivity index (χ3n) is 4.08. The van der Waals surface area contributed by atoms with Crippen molar-refractivity contribution in [1.29, 1.82) is 0 Å². The van der Waals surface area contributed by atoms with Crippen LogP contribution in [0.25, 0.3) is 22.3 Å². The summed E-state index contributed by atoms with van der Waals surface area (Å²) < 4.78 is 40.2. The quantitative estimate of drug-likeness (QED) is 0.789. The first kappa shape index (κ1) is 16.9. The van der Waals surface area contributed by atoms with Crippen LogP contribution in [-0.2, 0) is 16.5 Å². The Hall–Kier alpha value is -2.90. The number of nitrogens with zero attached hydrogens (tertiary/aromatic N) is 3. The van der Waals surface area contributed by atoms with Crippen molar-refractivity contribution in [2.24, 2.45) is 5.73 Å². The number of halogens is 3. The Morgan fingerprint density at radius 3 is 2.56 bits per heavy atom. The summed E-state index contributed by atoms with van der Waals surface area (Å²) in [6.07, 6.45) is -1.40. The number of rotatable bonds is 3. The fraction of sp³-hybridized carbons (Fsp3) is 0.235. The van der Waals surface area contributed by atoms with Gasteiger partial charge in [0.25, 0.3) is 0 Å². The molecule has 1 amide bonds. The highest BCUT2D eigenvalue weighted by atomic mass is 19.4. The number of nitrogens with two attached hydrogens (primary N) is 1. The molecule has 0 radical (unpaired) electrons. The minimum absolute atomic E-state index is 0.147. The van der Waals surface area contributed by atoms with Gasteiger partial charge in [0.2, 0.25) is 5.91 Å². The molecule has 0 aliphatic carbocycles. The van der Waals surface area contributed by atoms with Gasteiger partial charge in [0.1, 0.15) is 11.2 Å². The third kappa shape index (κ3) is 2.95. The highest BCUT2D eigenvalue weighted by molar-refractivity contribution is 5.87. The lowest BCUT2D eigenvalue weighted by Crippen LogP contribution is -2.40. The number of alkyl halides is 3. The largest absolute Gasteiger partial charge is 0.433 e. The topological polar surface area (TPSA) is 73.8 Å². The molecule has 0 saturated carbocycles. The molecule has 0 unspecified atom stereocenters. The number of amides is 1. The minimum atomic E-state index is -4.53. The van der Waals surface area contributed by atoms with Crippen molar-refractivity contribution in [3.05, 3.63) is 48.4 Å². The van der Waals surface area contributed by atoms with Crippen LogP contribution in [0, 0.1) is 0 Å². The van der Waals surface area contributed by atoms with Gasteiger partial charge in [-0.25, -0.2) is 4.98 Å². The van der Waals surface area contributed by atoms with E-state index in [1.54, 1.807) is 36.7 Å². The molecule has 0 aromatic carbocycles. The maximum atomic E-state index is 12.9. The van der Waals surface area contributed by atoms with E-state index in [0.717, 1.165) is 6.07 Å². The number of pyridine rings is 2. The van der Waals surface area contributed by atoms with Crippen LogP contribution in [0.1, 0.15) is 19.5 Å². The van der Waals surface area contributed by atoms with Crippen LogP contribution >= 0.6 is 0 Å². The molecule has 8 heteroatoms. The Kier molecular flexibility index (Phi) is 3.78. The second-order valence-electron chi connectivity index (χ2n) is 6.14. The molecular formula is C17H15F3N4O. The number of hydrogen-bond donors (Lipinski definition) is 1. The molecule has 0 spiro atoms. The fourth-order valence-electron chi connectivity index (χ4n) is 2.51. The lowest BCUT2D eigenvalue weighted by Gasteiger charge is -2.24. The van der Waals surface area contributed by atoms with E-state index in [-0.39, 0.29) is 5.69 Å². The highest BCUT2D eigenvalue weighted by Gasteiger charge is 2.32. The van der Waals surface area contributed by atoms with Gasteiger partial charge in [-0.3, -0.25) is 9.78 Å². The van der Waals surface area contributed by atoms with E-state index >= 15 is 0 Å². The Morgan fingerprint density at radius 1 is 1.20 bits per heavy atom. The van der Waals surface area contributed by atoms with Gasteiger partial charge in [-0.2, -0.15) is 13.2 Å². The summed E-state index contributed by atoms with van der Waals surface area (Å²) >= 11 is 0. The lowest BCUT2D eigenvalue weighted by molar-refractivity contribution is -0.141. The number of carbonyl (C=O) groups is 1. The summed E-state index contributed by atoms with van der Waals surface area (Å²) in [6.45, 7) is 3.31. The first-order valence-corrected chi connectivity index (χ1v) is 7.43. The summed E-state index contributed by atoms with van der Waals surface area (Å²) in [5, 5.41) is 0. The average molecular weight is 348 g/mol. The van der Waals surface area contributed by atoms with E-state index in [1.807, 2.05) is 0 Å². The van der Waals surface area contributed by atoms with Crippen LogP contribution < -0.4 is 5.73 Å². The summed E-state index contributed by atoms with van der Waals surface area (Å²) in [5.74, 6) is -0.535. The van der Waals surface area contributed by atoms with E-state index in [1.165, 1.54) is 18.3 Å². The first-order valence-electron chi connectivity index (χ1n) is 7.43. The van der Waals surface area contributed by atoms with Crippen molar-refractivity contribution >= 4 is 16.9 Å². The van der Waals surface area contributed by atoms with Crippen LogP contribution in [0.4, 0.5) is 13.2 Å². The van der Waals surface area contributed by atoms with Gasteiger partial charge in [0.05, 0.1) is 16.7 Å². The van der Waals surface area contributed by atoms with E-state index in [2.05, 4.69) is 9.97 Å². The average Bonchev–Trinajstić information content (AvgIpc) is 2.97. The van der Waals surface area contributed by atoms with Gasteiger partial charge < -0.3 is 10.3 Å². The summed E-state index contributed by atoms with van der Waals surface area (Å²) in [5.41, 5.74) is 5.22. The van der Waals surface area contributed by atoms with E-state index in [9.17, 15) is 18.0 Å². The number of primary amides is 1. The van der Waals surface area contributed by atoms with Crippen LogP contribution in [0.15, 0.2) is 42.7 Å². The standard InChI is InChI=1S/C17H15F3N4O/c1-16(2,15(21)25)24-7-6-12-13(24)8-10(9-22-12)11-4-3-5-14(23-11)17(18,19)20/h3-9H,1-2H3,(H2,21,25). The zero-order chi connectivity index (χ0) is 18.4. The SMILES string of the molecule is CC(C)(C(N)=O)n1ccc2ncc(-c3cccc(C(F)(F)F)n3)cc21. The second-order valence-corrected chi connectivity index (χ2v) is 6.14. The molecule has 3 rings (SSSR count). The highest BCUT2D eigenvalue weighted by Crippen LogP contribution is 2.31. The Bertz CT molecular complexity index is 960. The zero-order valence-corrected chi connectivity index (χ0v) is 13.5. The van der Waals surface area contributed by atoms with Crippen molar-refractivity contribution in [3.8, 4) is 11.3 Å². The fourth-order valence-corrected chi connectivity index (χ4v) is 2.51. The monoisotopic (exact) mass is 348 g/mol. The molecule has 25 heavy (non-hydrogen) atoms. The number of aromatic nitrogens is 3. The molecule has 3 aromatic heterocycles. The molecule has 5 nitrogen and oxygen atoms in total. The number of carbonyl (C=O) groups excluding carboxylic acids is 1. The van der Waals surface area contributed by atoms with E-state index in [4.69, 9.17) is 5.73 Å². The molecule has 0 saturated heterocycles. The van der Waals surface area contributed by atoms with Gasteiger partial charge in [-0.15, -0.1) is 0 Å². The summed E-state index contributed by atoms with van der Waals surface area (Å²) in [4.78, 5) is 19.6. The van der Waals surface area contributed by atoms with Crippen LogP contribution in [0.2, 0.25) is 0 Å². The van der Waals surface area contributed by atoms with Gasteiger partial charge in [0, 0.05) is 18.0 Å². The van der Waals surface area contributed by atoms with Gasteiger partial charge in [0.15, 0.2) is 0 Å². The number of fused-ring (bicyclic) bond motifs is 1. The molecule has 2 N–H and O–H groups in total. The molecular weight excluding hydrogens is 333 g/mol. The second kappa shape index (κ2) is 5.58. The molecule has 0 fully saturated rings. The first-order chi connectivity index (χ1) is 11.6. The summed E-state index contributed by atoms with van der Waals surface area (Å²) in [7, 11) is 0. The summed E-state index contributed by atoms with van der Waals surface area (Å²) in [6, 6.07) is 7.04. The lowest BCUT2D eigenvalue weighted by atomic mass is 10.0.